The maximum absolute atomic E-state index is 12.1. The highest BCUT2D eigenvalue weighted by Gasteiger charge is 2.23. The Labute approximate surface area is 146 Å². The van der Waals surface area contributed by atoms with Gasteiger partial charge in [-0.25, -0.2) is 4.79 Å². The largest absolute Gasteiger partial charge is 0.497 e. The molecule has 2 aromatic carbocycles. The number of carbonyl (C=O) groups excluding carboxylic acids is 2. The zero-order valence-electron chi connectivity index (χ0n) is 14.0. The normalized spacial score (nSPS) is 13.0. The Morgan fingerprint density at radius 2 is 1.56 bits per heavy atom. The van der Waals surface area contributed by atoms with E-state index < -0.39 is 0 Å². The van der Waals surface area contributed by atoms with Crippen molar-refractivity contribution in [2.75, 3.05) is 17.7 Å². The van der Waals surface area contributed by atoms with Gasteiger partial charge in [-0.2, -0.15) is 0 Å². The van der Waals surface area contributed by atoms with E-state index in [2.05, 4.69) is 16.0 Å². The number of methoxy groups -OCH3 is 1. The molecule has 0 bridgehead atoms. The van der Waals surface area contributed by atoms with Crippen molar-refractivity contribution in [3.8, 4) is 5.75 Å². The number of carbonyl (C=O) groups is 2. The highest BCUT2D eigenvalue weighted by Crippen LogP contribution is 2.19. The second-order valence-electron chi connectivity index (χ2n) is 6.02. The fourth-order valence-electron chi connectivity index (χ4n) is 2.35. The van der Waals surface area contributed by atoms with E-state index >= 15 is 0 Å². The lowest BCUT2D eigenvalue weighted by Crippen LogP contribution is -2.30. The first kappa shape index (κ1) is 16.8. The summed E-state index contributed by atoms with van der Waals surface area (Å²) in [6.45, 7) is 0. The quantitative estimate of drug-likeness (QED) is 0.756. The molecule has 0 saturated heterocycles. The van der Waals surface area contributed by atoms with Gasteiger partial charge in [0.25, 0.3) is 0 Å². The fraction of sp³-hybridized carbons (Fsp3) is 0.263. The van der Waals surface area contributed by atoms with Crippen LogP contribution in [0.5, 0.6) is 5.75 Å². The number of benzene rings is 2. The lowest BCUT2D eigenvalue weighted by atomic mass is 10.1. The molecule has 0 spiro atoms. The minimum atomic E-state index is -0.196. The van der Waals surface area contributed by atoms with Crippen LogP contribution in [0.3, 0.4) is 0 Å². The minimum Gasteiger partial charge on any atom is -0.497 e. The minimum absolute atomic E-state index is 0.0997. The molecule has 0 aromatic heterocycles. The van der Waals surface area contributed by atoms with Crippen LogP contribution < -0.4 is 20.7 Å². The standard InChI is InChI=1S/C19H21N3O3/c1-25-17-10-2-13(3-11-17)12-18(23)20-14-4-6-15(7-5-14)21-19(24)22-16-8-9-16/h2-7,10-11,16H,8-9,12H2,1H3,(H,20,23)(H2,21,22,24). The summed E-state index contributed by atoms with van der Waals surface area (Å²) < 4.78 is 5.10. The number of rotatable bonds is 6. The maximum atomic E-state index is 12.1. The molecule has 6 heteroatoms. The van der Waals surface area contributed by atoms with Gasteiger partial charge in [-0.3, -0.25) is 4.79 Å². The summed E-state index contributed by atoms with van der Waals surface area (Å²) in [6, 6.07) is 14.6. The van der Waals surface area contributed by atoms with Crippen molar-refractivity contribution in [2.24, 2.45) is 0 Å². The Hall–Kier alpha value is -3.02. The number of ether oxygens (including phenoxy) is 1. The predicted octanol–water partition coefficient (Wildman–Crippen LogP) is 3.16. The molecule has 3 amide bonds. The van der Waals surface area contributed by atoms with Gasteiger partial charge in [0.1, 0.15) is 5.75 Å². The second kappa shape index (κ2) is 7.70. The molecule has 1 aliphatic rings. The summed E-state index contributed by atoms with van der Waals surface area (Å²) in [5.41, 5.74) is 2.28. The van der Waals surface area contributed by atoms with E-state index in [1.54, 1.807) is 31.4 Å². The third kappa shape index (κ3) is 5.24. The zero-order valence-corrected chi connectivity index (χ0v) is 14.0. The van der Waals surface area contributed by atoms with E-state index in [1.807, 2.05) is 24.3 Å². The lowest BCUT2D eigenvalue weighted by molar-refractivity contribution is -0.115. The van der Waals surface area contributed by atoms with Crippen molar-refractivity contribution in [3.05, 3.63) is 54.1 Å². The van der Waals surface area contributed by atoms with Crippen LogP contribution in [0.1, 0.15) is 18.4 Å². The zero-order chi connectivity index (χ0) is 17.6. The van der Waals surface area contributed by atoms with Crippen molar-refractivity contribution in [3.63, 3.8) is 0 Å². The number of anilines is 2. The Bertz CT molecular complexity index is 738. The molecule has 3 N–H and O–H groups in total. The fourth-order valence-corrected chi connectivity index (χ4v) is 2.35. The number of amides is 3. The molecule has 1 aliphatic carbocycles. The van der Waals surface area contributed by atoms with Gasteiger partial charge in [0, 0.05) is 17.4 Å². The third-order valence-corrected chi connectivity index (χ3v) is 3.86. The Morgan fingerprint density at radius 3 is 2.12 bits per heavy atom. The highest BCUT2D eigenvalue weighted by molar-refractivity contribution is 5.93. The summed E-state index contributed by atoms with van der Waals surface area (Å²) >= 11 is 0. The summed E-state index contributed by atoms with van der Waals surface area (Å²) in [6.07, 6.45) is 2.38. The van der Waals surface area contributed by atoms with Crippen molar-refractivity contribution in [1.82, 2.24) is 5.32 Å². The van der Waals surface area contributed by atoms with Crippen LogP contribution in [0.15, 0.2) is 48.5 Å². The first-order valence-corrected chi connectivity index (χ1v) is 8.23. The molecule has 3 rings (SSSR count). The van der Waals surface area contributed by atoms with Gasteiger partial charge in [-0.05, 0) is 54.8 Å². The van der Waals surface area contributed by atoms with E-state index in [1.165, 1.54) is 0 Å². The monoisotopic (exact) mass is 339 g/mol. The molecule has 0 atom stereocenters. The van der Waals surface area contributed by atoms with E-state index in [0.29, 0.717) is 17.4 Å². The molecule has 0 heterocycles. The average molecular weight is 339 g/mol. The topological polar surface area (TPSA) is 79.5 Å². The van der Waals surface area contributed by atoms with Crippen LogP contribution in [0.2, 0.25) is 0 Å². The molecule has 0 radical (unpaired) electrons. The maximum Gasteiger partial charge on any atom is 0.319 e. The molecule has 0 aliphatic heterocycles. The molecule has 130 valence electrons. The summed E-state index contributed by atoms with van der Waals surface area (Å²) in [5.74, 6) is 0.662. The molecule has 0 unspecified atom stereocenters. The molecular formula is C19H21N3O3. The predicted molar refractivity (Wildman–Crippen MR) is 96.9 cm³/mol. The van der Waals surface area contributed by atoms with Gasteiger partial charge in [0.15, 0.2) is 0 Å². The van der Waals surface area contributed by atoms with E-state index in [-0.39, 0.29) is 18.4 Å². The molecule has 2 aromatic rings. The number of hydrogen-bond acceptors (Lipinski definition) is 3. The van der Waals surface area contributed by atoms with Crippen molar-refractivity contribution >= 4 is 23.3 Å². The molecule has 25 heavy (non-hydrogen) atoms. The van der Waals surface area contributed by atoms with Crippen LogP contribution in [0, 0.1) is 0 Å². The van der Waals surface area contributed by atoms with Gasteiger partial charge in [-0.1, -0.05) is 12.1 Å². The van der Waals surface area contributed by atoms with E-state index in [9.17, 15) is 9.59 Å². The van der Waals surface area contributed by atoms with Crippen molar-refractivity contribution < 1.29 is 14.3 Å². The SMILES string of the molecule is COc1ccc(CC(=O)Nc2ccc(NC(=O)NC3CC3)cc2)cc1. The smallest absolute Gasteiger partial charge is 0.319 e. The van der Waals surface area contributed by atoms with Crippen LogP contribution in [-0.4, -0.2) is 25.1 Å². The van der Waals surface area contributed by atoms with Crippen LogP contribution in [-0.2, 0) is 11.2 Å². The van der Waals surface area contributed by atoms with Gasteiger partial charge in [-0.15, -0.1) is 0 Å². The van der Waals surface area contributed by atoms with Gasteiger partial charge in [0.05, 0.1) is 13.5 Å². The average Bonchev–Trinajstić information content (AvgIpc) is 3.41. The van der Waals surface area contributed by atoms with Crippen LogP contribution >= 0.6 is 0 Å². The van der Waals surface area contributed by atoms with Gasteiger partial charge in [0.2, 0.25) is 5.91 Å². The Balaban J connectivity index is 1.49. The first-order chi connectivity index (χ1) is 12.1. The van der Waals surface area contributed by atoms with E-state index in [4.69, 9.17) is 4.74 Å². The molecule has 6 nitrogen and oxygen atoms in total. The van der Waals surface area contributed by atoms with Crippen LogP contribution in [0.25, 0.3) is 0 Å². The Morgan fingerprint density at radius 1 is 0.960 bits per heavy atom. The third-order valence-electron chi connectivity index (χ3n) is 3.86. The number of hydrogen-bond donors (Lipinski definition) is 3. The summed E-state index contributed by atoms with van der Waals surface area (Å²) in [4.78, 5) is 23.8. The highest BCUT2D eigenvalue weighted by atomic mass is 16.5. The first-order valence-electron chi connectivity index (χ1n) is 8.23. The second-order valence-corrected chi connectivity index (χ2v) is 6.02. The molecular weight excluding hydrogens is 318 g/mol. The summed E-state index contributed by atoms with van der Waals surface area (Å²) in [5, 5.41) is 8.47. The van der Waals surface area contributed by atoms with E-state index in [0.717, 1.165) is 24.2 Å². The van der Waals surface area contributed by atoms with Crippen LogP contribution in [0.4, 0.5) is 16.2 Å². The lowest BCUT2D eigenvalue weighted by Gasteiger charge is -2.09. The Kier molecular flexibility index (Phi) is 5.18. The van der Waals surface area contributed by atoms with Crippen molar-refractivity contribution in [1.29, 1.82) is 0 Å². The number of nitrogens with one attached hydrogen (secondary N) is 3. The molecule has 1 fully saturated rings. The number of urea groups is 1. The summed E-state index contributed by atoms with van der Waals surface area (Å²) in [7, 11) is 1.61. The van der Waals surface area contributed by atoms with Crippen molar-refractivity contribution in [2.45, 2.75) is 25.3 Å². The van der Waals surface area contributed by atoms with Gasteiger partial charge >= 0.3 is 6.03 Å². The van der Waals surface area contributed by atoms with Gasteiger partial charge < -0.3 is 20.7 Å². The molecule has 1 saturated carbocycles.